The maximum absolute atomic E-state index is 11.9. The van der Waals surface area contributed by atoms with Gasteiger partial charge in [-0.05, 0) is 87.3 Å². The molecule has 0 unspecified atom stereocenters. The molecule has 0 fully saturated rings. The van der Waals surface area contributed by atoms with Crippen LogP contribution in [0.2, 0.25) is 5.02 Å². The van der Waals surface area contributed by atoms with Gasteiger partial charge in [-0.1, -0.05) is 67.8 Å². The molecule has 300 valence electrons. The smallest absolute Gasteiger partial charge is 0.308 e. The number of hydrogen-bond acceptors (Lipinski definition) is 8. The van der Waals surface area contributed by atoms with Crippen LogP contribution in [0.1, 0.15) is 108 Å². The van der Waals surface area contributed by atoms with Gasteiger partial charge in [-0.3, -0.25) is 19.4 Å². The number of fused-ring (bicyclic) bond motifs is 1. The molecule has 0 N–H and O–H groups in total. The van der Waals surface area contributed by atoms with E-state index in [0.29, 0.717) is 32.9 Å². The second kappa shape index (κ2) is 25.1. The van der Waals surface area contributed by atoms with E-state index in [4.69, 9.17) is 25.8 Å². The molecule has 4 aromatic heterocycles. The van der Waals surface area contributed by atoms with E-state index < -0.39 is 5.97 Å². The molecule has 0 spiro atoms. The van der Waals surface area contributed by atoms with E-state index >= 15 is 0 Å². The van der Waals surface area contributed by atoms with Gasteiger partial charge >= 0.3 is 5.97 Å². The number of unbranched alkanes of at least 4 members (excludes halogenated alkanes) is 10. The van der Waals surface area contributed by atoms with Crippen LogP contribution < -0.4 is 9.30 Å². The molecule has 0 aliphatic heterocycles. The molecule has 5 aromatic rings. The monoisotopic (exact) mass is 783 g/mol. The first-order chi connectivity index (χ1) is 27.6. The Morgan fingerprint density at radius 3 is 2.16 bits per heavy atom. The average molecular weight is 784 g/mol. The van der Waals surface area contributed by atoms with Crippen molar-refractivity contribution in [3.63, 3.8) is 0 Å². The van der Waals surface area contributed by atoms with Crippen molar-refractivity contribution in [2.24, 2.45) is 0 Å². The summed E-state index contributed by atoms with van der Waals surface area (Å²) >= 11 is 6.54. The van der Waals surface area contributed by atoms with Gasteiger partial charge in [-0.25, -0.2) is 4.57 Å². The van der Waals surface area contributed by atoms with E-state index in [0.717, 1.165) is 90.9 Å². The van der Waals surface area contributed by atoms with E-state index in [1.54, 1.807) is 18.3 Å². The van der Waals surface area contributed by atoms with Crippen LogP contribution in [0.4, 0.5) is 0 Å². The molecule has 0 aliphatic carbocycles. The van der Waals surface area contributed by atoms with E-state index in [-0.39, 0.29) is 0 Å². The molecular weight excluding hydrogens is 724 g/mol. The highest BCUT2D eigenvalue weighted by atomic mass is 35.5. The van der Waals surface area contributed by atoms with Gasteiger partial charge in [0, 0.05) is 81.9 Å². The molecule has 4 heterocycles. The molecule has 56 heavy (non-hydrogen) atoms. The molecule has 0 bridgehead atoms. The maximum Gasteiger partial charge on any atom is 0.308 e. The minimum absolute atomic E-state index is 0.345. The largest absolute Gasteiger partial charge is 0.424 e. The second-order valence-electron chi connectivity index (χ2n) is 14.6. The summed E-state index contributed by atoms with van der Waals surface area (Å²) in [5.41, 5.74) is 4.37. The second-order valence-corrected chi connectivity index (χ2v) is 15.0. The predicted octanol–water partition coefficient (Wildman–Crippen LogP) is 9.73. The van der Waals surface area contributed by atoms with Gasteiger partial charge < -0.3 is 14.2 Å². The predicted molar refractivity (Wildman–Crippen MR) is 222 cm³/mol. The zero-order chi connectivity index (χ0) is 39.0. The fraction of sp³-hybridized carbons (Fsp3) is 0.511. The standard InChI is InChI=1S/C45H60ClN6O4/c1-37(53)56-45-41(33-42(46)40-23-15-25-48-44(40)45)43-36-52(50-49-43)28-11-7-9-13-30-55-32-18-22-39-20-16-27-51(35-39)26-10-6-4-2-3-5-8-12-29-54-31-17-21-38-19-14-24-47-34-38/h14-16,19-20,23-25,27,33-36H,2-13,17-18,21-22,26,28-32H2,1H3/q+1. The molecule has 0 atom stereocenters. The van der Waals surface area contributed by atoms with Crippen molar-refractivity contribution >= 4 is 28.5 Å². The quantitative estimate of drug-likeness (QED) is 0.0214. The SMILES string of the molecule is CC(=O)Oc1c(-c2cn(CCCCCCOCCCc3ccc[n+](CCCCCCCCCCOCCCc4cccnc4)c3)nn2)cc(Cl)c2cccnc12. The third-order valence-corrected chi connectivity index (χ3v) is 10.2. The van der Waals surface area contributed by atoms with E-state index in [9.17, 15) is 4.79 Å². The number of halogens is 1. The topological polar surface area (TPSA) is 105 Å². The van der Waals surface area contributed by atoms with Crippen molar-refractivity contribution in [1.29, 1.82) is 0 Å². The summed E-state index contributed by atoms with van der Waals surface area (Å²) < 4.78 is 21.5. The highest BCUT2D eigenvalue weighted by Crippen LogP contribution is 2.39. The summed E-state index contributed by atoms with van der Waals surface area (Å²) in [4.78, 5) is 20.5. The Morgan fingerprint density at radius 2 is 1.43 bits per heavy atom. The van der Waals surface area contributed by atoms with Crippen molar-refractivity contribution in [2.75, 3.05) is 26.4 Å². The molecule has 0 saturated heterocycles. The van der Waals surface area contributed by atoms with Crippen LogP contribution in [0, 0.1) is 0 Å². The first-order valence-corrected chi connectivity index (χ1v) is 21.1. The van der Waals surface area contributed by atoms with E-state index in [1.807, 2.05) is 35.4 Å². The van der Waals surface area contributed by atoms with Crippen molar-refractivity contribution in [3.05, 3.63) is 95.8 Å². The molecule has 11 heteroatoms. The Morgan fingerprint density at radius 1 is 0.768 bits per heavy atom. The normalized spacial score (nSPS) is 11.4. The Labute approximate surface area is 338 Å². The number of nitrogens with zero attached hydrogens (tertiary/aromatic N) is 6. The first kappa shape index (κ1) is 42.9. The number of esters is 1. The lowest BCUT2D eigenvalue weighted by Gasteiger charge is -2.11. The number of rotatable bonds is 28. The molecule has 10 nitrogen and oxygen atoms in total. The molecule has 0 amide bonds. The minimum Gasteiger partial charge on any atom is -0.424 e. The summed E-state index contributed by atoms with van der Waals surface area (Å²) in [6.45, 7) is 6.53. The Hall–Kier alpha value is -4.25. The lowest BCUT2D eigenvalue weighted by Crippen LogP contribution is -2.33. The molecule has 0 aliphatic rings. The fourth-order valence-electron chi connectivity index (χ4n) is 6.91. The molecule has 5 rings (SSSR count). The van der Waals surface area contributed by atoms with Crippen LogP contribution >= 0.6 is 11.6 Å². The summed E-state index contributed by atoms with van der Waals surface area (Å²) in [6, 6.07) is 13.9. The zero-order valence-electron chi connectivity index (χ0n) is 33.3. The minimum atomic E-state index is -0.433. The van der Waals surface area contributed by atoms with Crippen LogP contribution in [-0.4, -0.2) is 57.4 Å². The van der Waals surface area contributed by atoms with Gasteiger partial charge in [0.2, 0.25) is 0 Å². The van der Waals surface area contributed by atoms with Crippen molar-refractivity contribution < 1.29 is 23.6 Å². The Kier molecular flexibility index (Phi) is 19.2. The summed E-state index contributed by atoms with van der Waals surface area (Å²) in [5, 5.41) is 9.87. The molecular formula is C45H60ClN6O4+. The maximum atomic E-state index is 11.9. The van der Waals surface area contributed by atoms with Crippen molar-refractivity contribution in [3.8, 4) is 17.0 Å². The third kappa shape index (κ3) is 15.4. The fourth-order valence-corrected chi connectivity index (χ4v) is 7.17. The van der Waals surface area contributed by atoms with Gasteiger partial charge in [-0.2, -0.15) is 0 Å². The molecule has 1 aromatic carbocycles. The average Bonchev–Trinajstić information content (AvgIpc) is 3.69. The number of aromatic nitrogens is 6. The third-order valence-electron chi connectivity index (χ3n) is 9.89. The van der Waals surface area contributed by atoms with Gasteiger partial charge in [0.05, 0.1) is 16.8 Å². The highest BCUT2D eigenvalue weighted by molar-refractivity contribution is 6.36. The lowest BCUT2D eigenvalue weighted by atomic mass is 10.1. The zero-order valence-corrected chi connectivity index (χ0v) is 34.0. The number of carbonyl (C=O) groups is 1. The first-order valence-electron chi connectivity index (χ1n) is 20.8. The summed E-state index contributed by atoms with van der Waals surface area (Å²) in [7, 11) is 0. The van der Waals surface area contributed by atoms with Gasteiger partial charge in [0.15, 0.2) is 18.1 Å². The van der Waals surface area contributed by atoms with Crippen LogP contribution in [0.25, 0.3) is 22.2 Å². The van der Waals surface area contributed by atoms with Crippen LogP contribution in [0.3, 0.4) is 0 Å². The highest BCUT2D eigenvalue weighted by Gasteiger charge is 2.19. The number of pyridine rings is 3. The van der Waals surface area contributed by atoms with Crippen LogP contribution in [-0.2, 0) is 40.2 Å². The van der Waals surface area contributed by atoms with Crippen LogP contribution in [0.5, 0.6) is 5.75 Å². The number of benzene rings is 1. The number of hydrogen-bond donors (Lipinski definition) is 0. The Bertz CT molecular complexity index is 1870. The van der Waals surface area contributed by atoms with E-state index in [1.165, 1.54) is 69.4 Å². The number of aryl methyl sites for hydroxylation is 4. The van der Waals surface area contributed by atoms with Crippen molar-refractivity contribution in [2.45, 2.75) is 123 Å². The van der Waals surface area contributed by atoms with Crippen LogP contribution in [0.15, 0.2) is 79.6 Å². The number of carbonyl (C=O) groups excluding carboxylic acids is 1. The van der Waals surface area contributed by atoms with Gasteiger partial charge in [-0.15, -0.1) is 5.10 Å². The van der Waals surface area contributed by atoms with Gasteiger partial charge in [0.25, 0.3) is 0 Å². The lowest BCUT2D eigenvalue weighted by molar-refractivity contribution is -0.697. The summed E-state index contributed by atoms with van der Waals surface area (Å²) in [6.07, 6.45) is 30.5. The summed E-state index contributed by atoms with van der Waals surface area (Å²) in [5.74, 6) is -0.0881. The molecule has 0 saturated carbocycles. The number of ether oxygens (including phenoxy) is 3. The van der Waals surface area contributed by atoms with E-state index in [2.05, 4.69) is 55.4 Å². The Balaban J connectivity index is 0.836. The van der Waals surface area contributed by atoms with Crippen molar-refractivity contribution in [1.82, 2.24) is 25.0 Å². The van der Waals surface area contributed by atoms with Gasteiger partial charge in [0.1, 0.15) is 17.8 Å². The molecule has 0 radical (unpaired) electrons.